The predicted octanol–water partition coefficient (Wildman–Crippen LogP) is 2.13. The van der Waals surface area contributed by atoms with Crippen LogP contribution in [0.2, 0.25) is 0 Å². The van der Waals surface area contributed by atoms with Crippen molar-refractivity contribution in [2.75, 3.05) is 5.32 Å². The van der Waals surface area contributed by atoms with E-state index in [0.717, 1.165) is 5.69 Å². The quantitative estimate of drug-likeness (QED) is 0.498. The zero-order valence-electron chi connectivity index (χ0n) is 14.7. The molecule has 1 aliphatic rings. The maximum Gasteiger partial charge on any atom is 0.350 e. The first-order valence-electron chi connectivity index (χ1n) is 7.97. The summed E-state index contributed by atoms with van der Waals surface area (Å²) in [5, 5.41) is 6.95. The molecule has 3 rings (SSSR count). The van der Waals surface area contributed by atoms with E-state index in [1.165, 1.54) is 20.0 Å². The van der Waals surface area contributed by atoms with E-state index in [9.17, 15) is 9.59 Å². The normalized spacial score (nSPS) is 15.9. The fourth-order valence-electron chi connectivity index (χ4n) is 2.28. The van der Waals surface area contributed by atoms with Crippen LogP contribution in [0.1, 0.15) is 19.5 Å². The van der Waals surface area contributed by atoms with Gasteiger partial charge in [-0.25, -0.2) is 9.59 Å². The molecule has 0 spiro atoms. The molecule has 0 unspecified atom stereocenters. The van der Waals surface area contributed by atoms with E-state index < -0.39 is 17.7 Å². The van der Waals surface area contributed by atoms with Gasteiger partial charge in [0.05, 0.1) is 5.69 Å². The van der Waals surface area contributed by atoms with Gasteiger partial charge in [0.1, 0.15) is 12.4 Å². The van der Waals surface area contributed by atoms with Gasteiger partial charge in [0.25, 0.3) is 5.79 Å². The van der Waals surface area contributed by atoms with Crippen LogP contribution in [-0.2, 0) is 32.7 Å². The monoisotopic (exact) mass is 357 g/mol. The number of hydrogen-bond acceptors (Lipinski definition) is 7. The summed E-state index contributed by atoms with van der Waals surface area (Å²) >= 11 is 0. The summed E-state index contributed by atoms with van der Waals surface area (Å²) in [6.45, 7) is 3.40. The molecule has 1 fully saturated rings. The van der Waals surface area contributed by atoms with Crippen molar-refractivity contribution < 1.29 is 23.8 Å². The van der Waals surface area contributed by atoms with Gasteiger partial charge >= 0.3 is 11.9 Å². The predicted molar refractivity (Wildman–Crippen MR) is 92.0 cm³/mol. The topological polar surface area (TPSA) is 91.7 Å². The maximum atomic E-state index is 11.9. The molecule has 0 atom stereocenters. The first-order valence-corrected chi connectivity index (χ1v) is 7.97. The van der Waals surface area contributed by atoms with Gasteiger partial charge in [0.15, 0.2) is 5.57 Å². The van der Waals surface area contributed by atoms with Crippen LogP contribution in [0.5, 0.6) is 5.75 Å². The Balaban J connectivity index is 1.60. The summed E-state index contributed by atoms with van der Waals surface area (Å²) in [4.78, 5) is 23.7. The molecule has 8 heteroatoms. The number of hydrogen-bond donors (Lipinski definition) is 1. The van der Waals surface area contributed by atoms with Crippen LogP contribution in [0, 0.1) is 0 Å². The first-order chi connectivity index (χ1) is 12.3. The van der Waals surface area contributed by atoms with E-state index in [4.69, 9.17) is 14.2 Å². The molecule has 2 aromatic rings. The van der Waals surface area contributed by atoms with E-state index in [0.29, 0.717) is 18.0 Å². The number of cyclic esters (lactones) is 2. The Morgan fingerprint density at radius 2 is 1.81 bits per heavy atom. The van der Waals surface area contributed by atoms with E-state index in [1.54, 1.807) is 35.1 Å². The van der Waals surface area contributed by atoms with Crippen LogP contribution >= 0.6 is 0 Å². The smallest absolute Gasteiger partial charge is 0.350 e. The Morgan fingerprint density at radius 1 is 1.15 bits per heavy atom. The zero-order chi connectivity index (χ0) is 18.7. The molecular weight excluding hydrogens is 338 g/mol. The van der Waals surface area contributed by atoms with E-state index in [2.05, 4.69) is 10.4 Å². The second-order valence-corrected chi connectivity index (χ2v) is 6.14. The van der Waals surface area contributed by atoms with Crippen LogP contribution in [0.3, 0.4) is 0 Å². The second-order valence-electron chi connectivity index (χ2n) is 6.14. The van der Waals surface area contributed by atoms with Gasteiger partial charge in [-0.05, 0) is 30.3 Å². The molecule has 0 radical (unpaired) electrons. The summed E-state index contributed by atoms with van der Waals surface area (Å²) in [6.07, 6.45) is 2.98. The number of nitrogens with zero attached hydrogens (tertiary/aromatic N) is 2. The van der Waals surface area contributed by atoms with E-state index >= 15 is 0 Å². The Morgan fingerprint density at radius 3 is 2.38 bits per heavy atom. The van der Waals surface area contributed by atoms with Gasteiger partial charge in [-0.15, -0.1) is 0 Å². The van der Waals surface area contributed by atoms with Crippen molar-refractivity contribution >= 4 is 17.6 Å². The molecule has 8 nitrogen and oxygen atoms in total. The van der Waals surface area contributed by atoms with Gasteiger partial charge in [0, 0.05) is 39.0 Å². The Bertz CT molecular complexity index is 830. The lowest BCUT2D eigenvalue weighted by Crippen LogP contribution is -2.42. The molecule has 1 aromatic carbocycles. The maximum absolute atomic E-state index is 11.9. The average molecular weight is 357 g/mol. The fourth-order valence-corrected chi connectivity index (χ4v) is 2.28. The number of ether oxygens (including phenoxy) is 3. The number of anilines is 1. The van der Waals surface area contributed by atoms with Gasteiger partial charge in [0.2, 0.25) is 0 Å². The molecule has 0 bridgehead atoms. The number of carbonyl (C=O) groups excluding carboxylic acids is 2. The molecule has 0 aliphatic carbocycles. The van der Waals surface area contributed by atoms with Crippen LogP contribution in [0.4, 0.5) is 5.69 Å². The van der Waals surface area contributed by atoms with Crippen molar-refractivity contribution in [2.24, 2.45) is 7.05 Å². The lowest BCUT2D eigenvalue weighted by molar-refractivity contribution is -0.222. The highest BCUT2D eigenvalue weighted by Gasteiger charge is 2.38. The number of nitrogens with one attached hydrogen (secondary N) is 1. The molecule has 1 saturated heterocycles. The molecule has 26 heavy (non-hydrogen) atoms. The van der Waals surface area contributed by atoms with E-state index in [-0.39, 0.29) is 5.57 Å². The standard InChI is InChI=1S/C18H19N3O5/c1-18(2)25-16(22)15(17(23)26-18)10-19-12-4-6-14(7-5-12)24-11-13-8-9-20-21(13)3/h4-10,19H,11H2,1-3H3. The molecular formula is C18H19N3O5. The van der Waals surface area contributed by atoms with Gasteiger partial charge in [-0.2, -0.15) is 5.10 Å². The SMILES string of the molecule is Cn1nccc1COc1ccc(NC=C2C(=O)OC(C)(C)OC2=O)cc1. The fraction of sp³-hybridized carbons (Fsp3) is 0.278. The summed E-state index contributed by atoms with van der Waals surface area (Å²) in [6, 6.07) is 8.96. The molecule has 0 saturated carbocycles. The molecule has 1 N–H and O–H groups in total. The highest BCUT2D eigenvalue weighted by atomic mass is 16.7. The van der Waals surface area contributed by atoms with Gasteiger partial charge in [-0.3, -0.25) is 4.68 Å². The Labute approximate surface area is 150 Å². The van der Waals surface area contributed by atoms with Crippen molar-refractivity contribution in [3.05, 3.63) is 54.0 Å². The lowest BCUT2D eigenvalue weighted by atomic mass is 10.2. The minimum atomic E-state index is -1.25. The first kappa shape index (κ1) is 17.5. The number of esters is 2. The molecule has 2 heterocycles. The van der Waals surface area contributed by atoms with Crippen molar-refractivity contribution in [1.29, 1.82) is 0 Å². The van der Waals surface area contributed by atoms with Crippen LogP contribution in [0.15, 0.2) is 48.3 Å². The third-order valence-corrected chi connectivity index (χ3v) is 3.66. The molecule has 0 amide bonds. The largest absolute Gasteiger partial charge is 0.487 e. The zero-order valence-corrected chi connectivity index (χ0v) is 14.7. The highest BCUT2D eigenvalue weighted by molar-refractivity contribution is 6.15. The minimum Gasteiger partial charge on any atom is -0.487 e. The second kappa shape index (κ2) is 6.91. The molecule has 136 valence electrons. The third kappa shape index (κ3) is 4.02. The number of aromatic nitrogens is 2. The van der Waals surface area contributed by atoms with Crippen molar-refractivity contribution in [1.82, 2.24) is 9.78 Å². The third-order valence-electron chi connectivity index (χ3n) is 3.66. The van der Waals surface area contributed by atoms with Gasteiger partial charge < -0.3 is 19.5 Å². The minimum absolute atomic E-state index is 0.194. The number of carbonyl (C=O) groups is 2. The average Bonchev–Trinajstić information content (AvgIpc) is 2.97. The number of benzene rings is 1. The molecule has 1 aliphatic heterocycles. The van der Waals surface area contributed by atoms with Crippen molar-refractivity contribution in [2.45, 2.75) is 26.2 Å². The summed E-state index contributed by atoms with van der Waals surface area (Å²) < 4.78 is 17.5. The summed E-state index contributed by atoms with van der Waals surface area (Å²) in [7, 11) is 1.85. The number of aryl methyl sites for hydroxylation is 1. The highest BCUT2D eigenvalue weighted by Crippen LogP contribution is 2.23. The van der Waals surface area contributed by atoms with Crippen LogP contribution in [0.25, 0.3) is 0 Å². The van der Waals surface area contributed by atoms with Gasteiger partial charge in [-0.1, -0.05) is 0 Å². The van der Waals surface area contributed by atoms with E-state index in [1.807, 2.05) is 13.1 Å². The van der Waals surface area contributed by atoms with Crippen molar-refractivity contribution in [3.63, 3.8) is 0 Å². The van der Waals surface area contributed by atoms with Crippen LogP contribution < -0.4 is 10.1 Å². The Kier molecular flexibility index (Phi) is 4.66. The molecule has 1 aromatic heterocycles. The number of rotatable bonds is 5. The lowest BCUT2D eigenvalue weighted by Gasteiger charge is -2.29. The van der Waals surface area contributed by atoms with Crippen molar-refractivity contribution in [3.8, 4) is 5.75 Å². The summed E-state index contributed by atoms with van der Waals surface area (Å²) in [5.41, 5.74) is 1.44. The van der Waals surface area contributed by atoms with Crippen LogP contribution in [-0.4, -0.2) is 27.5 Å². The summed E-state index contributed by atoms with van der Waals surface area (Å²) in [5.74, 6) is -2.02. The Hall–Kier alpha value is -3.29.